The highest BCUT2D eigenvalue weighted by molar-refractivity contribution is 7.89. The summed E-state index contributed by atoms with van der Waals surface area (Å²) in [7, 11) is -4.39. The predicted molar refractivity (Wildman–Crippen MR) is 128 cm³/mol. The van der Waals surface area contributed by atoms with Crippen molar-refractivity contribution in [3.63, 3.8) is 0 Å². The lowest BCUT2D eigenvalue weighted by Crippen LogP contribution is -2.54. The largest absolute Gasteiger partial charge is 0.365 e. The average Bonchev–Trinajstić information content (AvgIpc) is 3.43. The summed E-state index contributed by atoms with van der Waals surface area (Å²) in [5.41, 5.74) is 1.12. The number of rotatable bonds is 8. The van der Waals surface area contributed by atoms with Gasteiger partial charge in [-0.15, -0.1) is 10.2 Å². The number of alkyl halides is 4. The highest BCUT2D eigenvalue weighted by Crippen LogP contribution is 2.34. The first-order chi connectivity index (χ1) is 16.9. The van der Waals surface area contributed by atoms with E-state index in [0.29, 0.717) is 35.8 Å². The summed E-state index contributed by atoms with van der Waals surface area (Å²) in [5.74, 6) is -0.657. The first-order valence-corrected chi connectivity index (χ1v) is 13.6. The molecule has 4 heterocycles. The maximum absolute atomic E-state index is 13.6. The van der Waals surface area contributed by atoms with Gasteiger partial charge in [0, 0.05) is 31.4 Å². The van der Waals surface area contributed by atoms with Gasteiger partial charge in [-0.1, -0.05) is 25.2 Å². The molecule has 0 unspecified atom stereocenters. The fourth-order valence-corrected chi connectivity index (χ4v) is 6.34. The van der Waals surface area contributed by atoms with Crippen LogP contribution in [0, 0.1) is 5.92 Å². The first kappa shape index (κ1) is 26.7. The zero-order valence-electron chi connectivity index (χ0n) is 20.0. The van der Waals surface area contributed by atoms with E-state index < -0.39 is 39.8 Å². The third-order valence-electron chi connectivity index (χ3n) is 5.90. The van der Waals surface area contributed by atoms with Crippen molar-refractivity contribution < 1.29 is 26.0 Å². The van der Waals surface area contributed by atoms with Crippen LogP contribution in [0.5, 0.6) is 0 Å². The smallest absolute Gasteiger partial charge is 0.291 e. The number of halogens is 4. The zero-order valence-corrected chi connectivity index (χ0v) is 21.6. The van der Waals surface area contributed by atoms with Crippen LogP contribution >= 0.6 is 11.3 Å². The number of piperazine rings is 1. The van der Waals surface area contributed by atoms with Crippen LogP contribution in [0.15, 0.2) is 23.4 Å². The van der Waals surface area contributed by atoms with Gasteiger partial charge < -0.3 is 10.2 Å². The molecule has 1 aliphatic heterocycles. The van der Waals surface area contributed by atoms with E-state index >= 15 is 0 Å². The van der Waals surface area contributed by atoms with Gasteiger partial charge in [-0.25, -0.2) is 35.7 Å². The summed E-state index contributed by atoms with van der Waals surface area (Å²) in [6, 6.07) is -0.00953. The van der Waals surface area contributed by atoms with Crippen LogP contribution in [0.4, 0.5) is 23.2 Å². The molecule has 0 spiro atoms. The molecule has 3 aromatic rings. The third-order valence-corrected chi connectivity index (χ3v) is 8.28. The Morgan fingerprint density at radius 2 is 1.81 bits per heavy atom. The van der Waals surface area contributed by atoms with Crippen LogP contribution in [0.2, 0.25) is 0 Å². The molecule has 3 atom stereocenters. The second-order valence-corrected chi connectivity index (χ2v) is 12.0. The predicted octanol–water partition coefficient (Wildman–Crippen LogP) is 3.55. The van der Waals surface area contributed by atoms with Crippen molar-refractivity contribution in [1.29, 1.82) is 0 Å². The van der Waals surface area contributed by atoms with E-state index in [1.165, 1.54) is 36.7 Å². The van der Waals surface area contributed by atoms with Crippen LogP contribution in [0.1, 0.15) is 39.1 Å². The Kier molecular flexibility index (Phi) is 7.55. The van der Waals surface area contributed by atoms with Crippen molar-refractivity contribution in [3.8, 4) is 10.7 Å². The molecule has 2 N–H and O–H groups in total. The van der Waals surface area contributed by atoms with Crippen LogP contribution in [-0.2, 0) is 10.0 Å². The average molecular weight is 550 g/mol. The quantitative estimate of drug-likeness (QED) is 0.414. The summed E-state index contributed by atoms with van der Waals surface area (Å²) in [6.45, 7) is 8.06. The molecule has 1 aliphatic rings. The number of hydrogen-bond acceptors (Lipinski definition) is 8. The summed E-state index contributed by atoms with van der Waals surface area (Å²) >= 11 is 0.667. The van der Waals surface area contributed by atoms with Crippen molar-refractivity contribution in [3.05, 3.63) is 23.5 Å². The van der Waals surface area contributed by atoms with E-state index in [4.69, 9.17) is 0 Å². The summed E-state index contributed by atoms with van der Waals surface area (Å²) < 4.78 is 83.5. The molecule has 1 saturated heterocycles. The van der Waals surface area contributed by atoms with Crippen LogP contribution < -0.4 is 14.9 Å². The number of nitrogens with zero attached hydrogens (tertiary/aromatic N) is 5. The van der Waals surface area contributed by atoms with Crippen molar-refractivity contribution in [2.45, 2.75) is 63.6 Å². The molecular formula is C21H27F4N7O2S2. The van der Waals surface area contributed by atoms with Crippen molar-refractivity contribution >= 4 is 32.7 Å². The molecule has 198 valence electrons. The SMILES string of the molecule is CC(C)[C@H](NS(=O)(=O)c1cc(N2C[C@H](C)N[C@@H](C)C2)c2ncc(-c3nnc(C(F)F)s3)n2c1)C(F)F. The Hall–Kier alpha value is -2.36. The number of sulfonamides is 1. The number of imidazole rings is 1. The Bertz CT molecular complexity index is 1310. The Balaban J connectivity index is 1.88. The molecule has 3 aromatic heterocycles. The summed E-state index contributed by atoms with van der Waals surface area (Å²) in [4.78, 5) is 6.14. The van der Waals surface area contributed by atoms with Gasteiger partial charge in [0.05, 0.1) is 17.9 Å². The minimum atomic E-state index is -4.39. The monoisotopic (exact) mass is 549 g/mol. The lowest BCUT2D eigenvalue weighted by atomic mass is 10.1. The Morgan fingerprint density at radius 3 is 2.36 bits per heavy atom. The fourth-order valence-electron chi connectivity index (χ4n) is 4.26. The summed E-state index contributed by atoms with van der Waals surface area (Å²) in [5, 5.41) is 10.4. The second kappa shape index (κ2) is 10.2. The number of fused-ring (bicyclic) bond motifs is 1. The van der Waals surface area contributed by atoms with E-state index in [0.717, 1.165) is 0 Å². The van der Waals surface area contributed by atoms with Crippen LogP contribution in [0.25, 0.3) is 16.3 Å². The summed E-state index contributed by atoms with van der Waals surface area (Å²) in [6.07, 6.45) is -3.07. The highest BCUT2D eigenvalue weighted by atomic mass is 32.2. The molecule has 9 nitrogen and oxygen atoms in total. The van der Waals surface area contributed by atoms with Crippen molar-refractivity contribution in [1.82, 2.24) is 29.6 Å². The van der Waals surface area contributed by atoms with Gasteiger partial charge >= 0.3 is 0 Å². The first-order valence-electron chi connectivity index (χ1n) is 11.3. The molecule has 36 heavy (non-hydrogen) atoms. The molecule has 4 rings (SSSR count). The Labute approximate surface area is 210 Å². The molecule has 1 fully saturated rings. The van der Waals surface area contributed by atoms with Gasteiger partial charge in [0.1, 0.15) is 10.6 Å². The molecule has 0 radical (unpaired) electrons. The normalized spacial score (nSPS) is 20.2. The van der Waals surface area contributed by atoms with Gasteiger partial charge in [0.2, 0.25) is 10.0 Å². The van der Waals surface area contributed by atoms with Crippen molar-refractivity contribution in [2.24, 2.45) is 5.92 Å². The van der Waals surface area contributed by atoms with Gasteiger partial charge in [0.25, 0.3) is 12.9 Å². The van der Waals surface area contributed by atoms with Crippen molar-refractivity contribution in [2.75, 3.05) is 18.0 Å². The molecule has 0 aliphatic carbocycles. The van der Waals surface area contributed by atoms with Gasteiger partial charge in [-0.05, 0) is 25.8 Å². The minimum absolute atomic E-state index is 0.0857. The number of nitrogens with one attached hydrogen (secondary N) is 2. The van der Waals surface area contributed by atoms with Crippen LogP contribution in [0.3, 0.4) is 0 Å². The van der Waals surface area contributed by atoms with Gasteiger partial charge in [0.15, 0.2) is 15.7 Å². The lowest BCUT2D eigenvalue weighted by molar-refractivity contribution is 0.0880. The van der Waals surface area contributed by atoms with E-state index in [1.807, 2.05) is 18.7 Å². The lowest BCUT2D eigenvalue weighted by Gasteiger charge is -2.37. The second-order valence-electron chi connectivity index (χ2n) is 9.24. The maximum atomic E-state index is 13.6. The van der Waals surface area contributed by atoms with E-state index in [1.54, 1.807) is 0 Å². The minimum Gasteiger partial charge on any atom is -0.365 e. The Morgan fingerprint density at radius 1 is 1.14 bits per heavy atom. The van der Waals surface area contributed by atoms with Crippen LogP contribution in [-0.4, -0.2) is 65.6 Å². The molecular weight excluding hydrogens is 522 g/mol. The number of pyridine rings is 1. The van der Waals surface area contributed by atoms with Gasteiger partial charge in [-0.2, -0.15) is 0 Å². The third kappa shape index (κ3) is 5.33. The topological polar surface area (TPSA) is 105 Å². The highest BCUT2D eigenvalue weighted by Gasteiger charge is 2.32. The standard InChI is InChI=1S/C21H27F4N7O2S2/c1-10(2)16(17(22)23)30-36(33,34)13-5-14(31-7-11(3)27-12(4)8-31)19-26-6-15(32(19)9-13)20-28-29-21(35-20)18(24)25/h5-6,9-12,16-18,27,30H,7-8H2,1-4H3/t11-,12-,16-/m0/s1. The van der Waals surface area contributed by atoms with E-state index in [2.05, 4.69) is 25.2 Å². The number of aromatic nitrogens is 4. The molecule has 0 amide bonds. The molecule has 15 heteroatoms. The zero-order chi connectivity index (χ0) is 26.4. The van der Waals surface area contributed by atoms with E-state index in [-0.39, 0.29) is 27.7 Å². The van der Waals surface area contributed by atoms with Gasteiger partial charge in [-0.3, -0.25) is 4.40 Å². The molecule has 0 saturated carbocycles. The number of hydrogen-bond donors (Lipinski definition) is 2. The molecule has 0 aromatic carbocycles. The number of anilines is 1. The molecule has 0 bridgehead atoms. The maximum Gasteiger partial charge on any atom is 0.291 e. The van der Waals surface area contributed by atoms with E-state index in [9.17, 15) is 26.0 Å². The fraction of sp³-hybridized carbons (Fsp3) is 0.571.